The van der Waals surface area contributed by atoms with E-state index in [9.17, 15) is 0 Å². The van der Waals surface area contributed by atoms with Crippen LogP contribution in [-0.4, -0.2) is 23.3 Å². The van der Waals surface area contributed by atoms with Crippen LogP contribution < -0.4 is 0 Å². The maximum atomic E-state index is 6.33. The lowest BCUT2D eigenvalue weighted by Gasteiger charge is -2.11. The smallest absolute Gasteiger partial charge is 0.143 e. The highest BCUT2D eigenvalue weighted by atomic mass is 16.3. The van der Waals surface area contributed by atoms with Crippen LogP contribution in [0.25, 0.3) is 242 Å². The van der Waals surface area contributed by atoms with Gasteiger partial charge in [-0.25, -0.2) is 0 Å². The normalized spacial score (nSPS) is 11.9. The number of aromatic nitrogens is 5. The van der Waals surface area contributed by atoms with E-state index in [0.29, 0.717) is 0 Å². The Hall–Kier alpha value is -16.4. The van der Waals surface area contributed by atoms with Gasteiger partial charge in [0.1, 0.15) is 33.5 Å². The predicted molar refractivity (Wildman–Crippen MR) is 510 cm³/mol. The number of fused-ring (bicyclic) bond motifs is 24. The molecule has 0 bridgehead atoms. The fourth-order valence-electron chi connectivity index (χ4n) is 19.5. The van der Waals surface area contributed by atoms with Crippen LogP contribution in [0.4, 0.5) is 0 Å². The van der Waals surface area contributed by atoms with Crippen LogP contribution in [0.2, 0.25) is 0 Å². The summed E-state index contributed by atoms with van der Waals surface area (Å²) in [7, 11) is 0. The summed E-state index contributed by atoms with van der Waals surface area (Å²) in [6.07, 6.45) is 0. The minimum atomic E-state index is 0.865. The van der Waals surface area contributed by atoms with Gasteiger partial charge in [0.2, 0.25) is 0 Å². The molecule has 0 atom stereocenters. The fourth-order valence-corrected chi connectivity index (χ4v) is 19.5. The predicted octanol–water partition coefficient (Wildman–Crippen LogP) is 31.4. The van der Waals surface area contributed by atoms with Crippen LogP contribution >= 0.6 is 0 Å². The highest BCUT2D eigenvalue weighted by Crippen LogP contribution is 2.45. The Balaban J connectivity index is 0.000000101. The number of nitrogens with zero attached hydrogens (tertiary/aromatic N) is 4. The third-order valence-corrected chi connectivity index (χ3v) is 25.1. The molecule has 0 spiro atoms. The van der Waals surface area contributed by atoms with Crippen LogP contribution in [0.1, 0.15) is 0 Å². The first kappa shape index (κ1) is 68.8. The summed E-state index contributed by atoms with van der Waals surface area (Å²) >= 11 is 0. The first-order valence-corrected chi connectivity index (χ1v) is 41.6. The van der Waals surface area contributed by atoms with Gasteiger partial charge in [-0.1, -0.05) is 273 Å². The van der Waals surface area contributed by atoms with Crippen LogP contribution in [0, 0.1) is 0 Å². The van der Waals surface area contributed by atoms with E-state index in [-0.39, 0.29) is 0 Å². The average Bonchev–Trinajstić information content (AvgIpc) is 1.56. The van der Waals surface area contributed by atoms with E-state index in [0.717, 1.165) is 105 Å². The quantitative estimate of drug-likeness (QED) is 0.165. The van der Waals surface area contributed by atoms with E-state index in [1.54, 1.807) is 0 Å². The molecule has 0 saturated carbocycles. The van der Waals surface area contributed by atoms with Crippen molar-refractivity contribution in [3.05, 3.63) is 425 Å². The number of hydrogen-bond donors (Lipinski definition) is 1. The zero-order valence-electron chi connectivity index (χ0n) is 65.9. The first-order valence-electron chi connectivity index (χ1n) is 41.6. The lowest BCUT2D eigenvalue weighted by Crippen LogP contribution is -1.94. The van der Waals surface area contributed by atoms with Gasteiger partial charge in [-0.05, 0) is 185 Å². The van der Waals surface area contributed by atoms with Gasteiger partial charge in [0, 0.05) is 131 Å². The number of nitrogens with one attached hydrogen (secondary N) is 1. The van der Waals surface area contributed by atoms with E-state index in [1.165, 1.54) is 137 Å². The molecule has 0 aliphatic rings. The number of para-hydroxylation sites is 12. The minimum Gasteiger partial charge on any atom is -0.456 e. The van der Waals surface area contributed by atoms with Crippen molar-refractivity contribution in [3.8, 4) is 67.3 Å². The molecule has 27 aromatic rings. The molecule has 8 nitrogen and oxygen atoms in total. The maximum Gasteiger partial charge on any atom is 0.143 e. The van der Waals surface area contributed by atoms with Gasteiger partial charge in [-0.15, -0.1) is 0 Å². The highest BCUT2D eigenvalue weighted by molar-refractivity contribution is 6.17. The Kier molecular flexibility index (Phi) is 15.6. The molecule has 0 aliphatic heterocycles. The van der Waals surface area contributed by atoms with Crippen molar-refractivity contribution < 1.29 is 13.3 Å². The maximum absolute atomic E-state index is 6.33. The Morgan fingerprint density at radius 2 is 0.434 bits per heavy atom. The van der Waals surface area contributed by atoms with Crippen LogP contribution in [0.15, 0.2) is 438 Å². The van der Waals surface area contributed by atoms with Gasteiger partial charge >= 0.3 is 0 Å². The van der Waals surface area contributed by atoms with Gasteiger partial charge in [0.15, 0.2) is 0 Å². The minimum absolute atomic E-state index is 0.865. The summed E-state index contributed by atoms with van der Waals surface area (Å²) < 4.78 is 28.4. The Bertz CT molecular complexity index is 8380. The average molecular weight is 1560 g/mol. The monoisotopic (exact) mass is 1560 g/mol. The van der Waals surface area contributed by atoms with Crippen molar-refractivity contribution in [2.45, 2.75) is 0 Å². The number of hydrogen-bond acceptors (Lipinski definition) is 3. The third kappa shape index (κ3) is 10.9. The summed E-state index contributed by atoms with van der Waals surface area (Å²) in [5.74, 6) is 0. The van der Waals surface area contributed by atoms with E-state index >= 15 is 0 Å². The van der Waals surface area contributed by atoms with Crippen LogP contribution in [0.5, 0.6) is 0 Å². The molecule has 1 N–H and O–H groups in total. The molecule has 0 unspecified atom stereocenters. The molecule has 0 saturated heterocycles. The second kappa shape index (κ2) is 27.6. The van der Waals surface area contributed by atoms with E-state index in [2.05, 4.69) is 424 Å². The summed E-state index contributed by atoms with van der Waals surface area (Å²) in [6, 6.07) is 152. The van der Waals surface area contributed by atoms with Gasteiger partial charge in [-0.3, -0.25) is 0 Å². The van der Waals surface area contributed by atoms with Crippen LogP contribution in [-0.2, 0) is 0 Å². The fraction of sp³-hybridized carbons (Fsp3) is 0. The van der Waals surface area contributed by atoms with Gasteiger partial charge < -0.3 is 36.5 Å². The molecule has 19 aromatic carbocycles. The molecule has 0 aliphatic carbocycles. The van der Waals surface area contributed by atoms with Crippen molar-refractivity contribution in [3.63, 3.8) is 0 Å². The molecular formula is C114H71N5O3. The zero-order valence-corrected chi connectivity index (χ0v) is 65.9. The molecule has 8 heterocycles. The van der Waals surface area contributed by atoms with Crippen molar-refractivity contribution in [1.29, 1.82) is 0 Å². The first-order chi connectivity index (χ1) is 60.5. The van der Waals surface area contributed by atoms with Crippen molar-refractivity contribution in [1.82, 2.24) is 23.3 Å². The molecule has 27 rings (SSSR count). The molecular weight excluding hydrogens is 1490 g/mol. The Morgan fingerprint density at radius 3 is 0.836 bits per heavy atom. The number of aromatic amines is 1. The topological polar surface area (TPSA) is 74.9 Å². The van der Waals surface area contributed by atoms with E-state index in [1.807, 2.05) is 24.3 Å². The SMILES string of the molecule is c1cc(-c2ccc3[nH]c4ccc(-n5c6ccccc6c6ccccc65)cc4c3c2)cc(-n2c3ccccc3c3ccccc32)c1.c1ccc2c(c1)c1ccccc1n2-c1ccc(-c2ccc(-n3c4ccccc4c4ccccc43)cc2)cc1.c1ccc2c(c1)oc1c(-c3ccc4oc5ccc(-c6cccc7c6oc6ccccc67)cc5c4c3)cccc12. The van der Waals surface area contributed by atoms with Crippen molar-refractivity contribution >= 4 is 175 Å². The number of rotatable bonds is 8. The Morgan fingerprint density at radius 1 is 0.156 bits per heavy atom. The number of furan rings is 3. The molecule has 8 aromatic heterocycles. The van der Waals surface area contributed by atoms with Gasteiger partial charge in [-0.2, -0.15) is 0 Å². The molecule has 122 heavy (non-hydrogen) atoms. The lowest BCUT2D eigenvalue weighted by atomic mass is 9.98. The van der Waals surface area contributed by atoms with Gasteiger partial charge in [0.05, 0.1) is 44.1 Å². The molecule has 8 heteroatoms. The summed E-state index contributed by atoms with van der Waals surface area (Å²) in [5.41, 5.74) is 31.3. The molecule has 0 radical (unpaired) electrons. The highest BCUT2D eigenvalue weighted by Gasteiger charge is 2.22. The molecule has 0 fully saturated rings. The third-order valence-electron chi connectivity index (χ3n) is 25.1. The zero-order chi connectivity index (χ0) is 80.0. The largest absolute Gasteiger partial charge is 0.456 e. The summed E-state index contributed by atoms with van der Waals surface area (Å²) in [4.78, 5) is 3.66. The molecule has 570 valence electrons. The van der Waals surface area contributed by atoms with Gasteiger partial charge in [0.25, 0.3) is 0 Å². The van der Waals surface area contributed by atoms with Crippen molar-refractivity contribution in [2.75, 3.05) is 0 Å². The van der Waals surface area contributed by atoms with Crippen molar-refractivity contribution in [2.24, 2.45) is 0 Å². The summed E-state index contributed by atoms with van der Waals surface area (Å²) in [6.45, 7) is 0. The second-order valence-corrected chi connectivity index (χ2v) is 31.8. The lowest BCUT2D eigenvalue weighted by molar-refractivity contribution is 0.668. The molecule has 0 amide bonds. The second-order valence-electron chi connectivity index (χ2n) is 31.8. The van der Waals surface area contributed by atoms with Crippen LogP contribution in [0.3, 0.4) is 0 Å². The summed E-state index contributed by atoms with van der Waals surface area (Å²) in [5, 5.41) is 19.4. The van der Waals surface area contributed by atoms with E-state index < -0.39 is 0 Å². The standard InChI is InChI=1S/C42H27N3.C36H24N2.C36H20O3/c1-5-16-39-31(12-1)32-13-2-6-17-40(32)44(39)29-11-9-10-27(24-29)28-20-22-37-35(25-28)36-26-30(21-23-38(36)43-37)45-41-18-7-3-14-33(41)34-15-4-8-19-42(34)45;1-5-13-33-29(9-1)30-10-2-6-14-34(30)37(33)27-21-17-25(18-22-27)26-19-23-28(24-20-26)38-35-15-7-3-11-31(35)32-12-4-8-16-36(32)38;1-3-13-31-25(7-1)27-11-5-9-23(35(27)38-31)21-15-17-33-29(19-21)30-20-22(16-18-34(30)37-33)24-10-6-12-28-26-8-2-4-14-32(26)39-36(24)28/h1-26,43H;1-24H;1-20H. The number of H-pyrrole nitrogens is 1. The number of benzene rings is 19. The van der Waals surface area contributed by atoms with E-state index in [4.69, 9.17) is 13.3 Å². The Labute approximate surface area is 698 Å².